The van der Waals surface area contributed by atoms with E-state index in [1.165, 1.54) is 17.5 Å². The number of fused-ring (bicyclic) bond motifs is 1. The minimum atomic E-state index is -3.85. The van der Waals surface area contributed by atoms with Crippen molar-refractivity contribution in [3.63, 3.8) is 0 Å². The molecule has 0 saturated heterocycles. The van der Waals surface area contributed by atoms with E-state index in [1.54, 1.807) is 31.9 Å². The zero-order valence-electron chi connectivity index (χ0n) is 19.2. The quantitative estimate of drug-likeness (QED) is 0.415. The number of benzene rings is 1. The average Bonchev–Trinajstić information content (AvgIpc) is 3.22. The predicted octanol–water partition coefficient (Wildman–Crippen LogP) is 3.17. The van der Waals surface area contributed by atoms with Gasteiger partial charge in [0.2, 0.25) is 5.91 Å². The Labute approximate surface area is 198 Å². The summed E-state index contributed by atoms with van der Waals surface area (Å²) in [6.07, 6.45) is 3.60. The van der Waals surface area contributed by atoms with Crippen LogP contribution in [0.1, 0.15) is 40.2 Å². The molecule has 0 spiro atoms. The van der Waals surface area contributed by atoms with Gasteiger partial charge in [-0.3, -0.25) is 4.79 Å². The van der Waals surface area contributed by atoms with Gasteiger partial charge in [-0.05, 0) is 35.8 Å². The number of carbonyl (C=O) groups excluding carboxylic acids is 2. The normalized spacial score (nSPS) is 13.9. The Bertz CT molecular complexity index is 1150. The molecule has 8 nitrogen and oxygen atoms in total. The molecule has 0 atom stereocenters. The highest BCUT2D eigenvalue weighted by Crippen LogP contribution is 2.38. The lowest BCUT2D eigenvalue weighted by Crippen LogP contribution is -2.34. The molecule has 0 bridgehead atoms. The molecule has 10 heteroatoms. The summed E-state index contributed by atoms with van der Waals surface area (Å²) < 4.78 is 37.8. The van der Waals surface area contributed by atoms with Crippen molar-refractivity contribution in [1.82, 2.24) is 9.21 Å². The molecule has 1 aromatic carbocycles. The Morgan fingerprint density at radius 1 is 1.15 bits per heavy atom. The Hall–Kier alpha value is -2.69. The molecule has 178 valence electrons. The first-order valence-corrected chi connectivity index (χ1v) is 12.9. The summed E-state index contributed by atoms with van der Waals surface area (Å²) in [6, 6.07) is 7.33. The number of esters is 1. The standard InChI is InChI=1S/C23H28N2O6S2/c1-5-25(6-2)33(28,29)23-21(22(27)31-4)18-13-14-24(15-19(18)32-23)20(26)12-9-16-7-10-17(30-3)11-8-16/h7-12H,5-6,13-15H2,1-4H3/b12-9+. The molecule has 0 unspecified atom stereocenters. The largest absolute Gasteiger partial charge is 0.497 e. The molecule has 1 aromatic heterocycles. The Morgan fingerprint density at radius 2 is 1.82 bits per heavy atom. The Morgan fingerprint density at radius 3 is 2.39 bits per heavy atom. The van der Waals surface area contributed by atoms with E-state index in [0.29, 0.717) is 36.5 Å². The maximum absolute atomic E-state index is 13.2. The Balaban J connectivity index is 1.88. The number of hydrogen-bond donors (Lipinski definition) is 0. The first-order valence-electron chi connectivity index (χ1n) is 10.6. The maximum atomic E-state index is 13.2. The van der Waals surface area contributed by atoms with Gasteiger partial charge in [0, 0.05) is 30.6 Å². The van der Waals surface area contributed by atoms with Crippen LogP contribution in [-0.4, -0.2) is 63.4 Å². The van der Waals surface area contributed by atoms with Gasteiger partial charge in [0.15, 0.2) is 0 Å². The zero-order valence-corrected chi connectivity index (χ0v) is 20.8. The summed E-state index contributed by atoms with van der Waals surface area (Å²) in [6.45, 7) is 4.71. The van der Waals surface area contributed by atoms with Crippen LogP contribution >= 0.6 is 11.3 Å². The summed E-state index contributed by atoms with van der Waals surface area (Å²) in [5.41, 5.74) is 1.62. The highest BCUT2D eigenvalue weighted by molar-refractivity contribution is 7.91. The van der Waals surface area contributed by atoms with Crippen molar-refractivity contribution in [2.45, 2.75) is 31.0 Å². The third-order valence-corrected chi connectivity index (χ3v) is 9.30. The van der Waals surface area contributed by atoms with E-state index in [9.17, 15) is 18.0 Å². The molecular formula is C23H28N2O6S2. The average molecular weight is 493 g/mol. The lowest BCUT2D eigenvalue weighted by atomic mass is 10.0. The van der Waals surface area contributed by atoms with E-state index >= 15 is 0 Å². The van der Waals surface area contributed by atoms with Crippen LogP contribution in [0, 0.1) is 0 Å². The second-order valence-corrected chi connectivity index (χ2v) is 10.6. The number of rotatable bonds is 8. The topological polar surface area (TPSA) is 93.2 Å². The number of amides is 1. The lowest BCUT2D eigenvalue weighted by Gasteiger charge is -2.26. The molecule has 2 heterocycles. The van der Waals surface area contributed by atoms with Crippen molar-refractivity contribution in [2.75, 3.05) is 33.9 Å². The monoisotopic (exact) mass is 492 g/mol. The Kier molecular flexibility index (Phi) is 7.93. The minimum absolute atomic E-state index is 0.00822. The first-order chi connectivity index (χ1) is 15.8. The van der Waals surface area contributed by atoms with Crippen LogP contribution in [-0.2, 0) is 32.5 Å². The molecule has 2 aromatic rings. The summed E-state index contributed by atoms with van der Waals surface area (Å²) in [7, 11) is -1.02. The van der Waals surface area contributed by atoms with E-state index in [-0.39, 0.29) is 22.2 Å². The summed E-state index contributed by atoms with van der Waals surface area (Å²) in [5, 5.41) is 0. The molecule has 1 aliphatic heterocycles. The molecular weight excluding hydrogens is 464 g/mol. The van der Waals surface area contributed by atoms with Crippen molar-refractivity contribution >= 4 is 39.3 Å². The van der Waals surface area contributed by atoms with Crippen molar-refractivity contribution in [3.05, 3.63) is 51.9 Å². The SMILES string of the molecule is CCN(CC)S(=O)(=O)c1sc2c(c1C(=O)OC)CCN(C(=O)/C=C/c1ccc(OC)cc1)C2. The zero-order chi connectivity index (χ0) is 24.2. The third kappa shape index (κ3) is 5.13. The molecule has 0 aliphatic carbocycles. The molecule has 0 radical (unpaired) electrons. The van der Waals surface area contributed by atoms with Gasteiger partial charge in [-0.25, -0.2) is 13.2 Å². The van der Waals surface area contributed by atoms with Gasteiger partial charge < -0.3 is 14.4 Å². The first kappa shape index (κ1) is 24.9. The molecule has 0 saturated carbocycles. The fraction of sp³-hybridized carbons (Fsp3) is 0.391. The van der Waals surface area contributed by atoms with E-state index < -0.39 is 16.0 Å². The fourth-order valence-electron chi connectivity index (χ4n) is 3.73. The van der Waals surface area contributed by atoms with E-state index in [0.717, 1.165) is 22.6 Å². The summed E-state index contributed by atoms with van der Waals surface area (Å²) in [4.78, 5) is 27.7. The number of thiophene rings is 1. The van der Waals surface area contributed by atoms with Crippen LogP contribution < -0.4 is 4.74 Å². The van der Waals surface area contributed by atoms with Crippen LogP contribution in [0.4, 0.5) is 0 Å². The lowest BCUT2D eigenvalue weighted by molar-refractivity contribution is -0.126. The van der Waals surface area contributed by atoms with Crippen molar-refractivity contribution in [3.8, 4) is 5.75 Å². The van der Waals surface area contributed by atoms with Gasteiger partial charge in [0.1, 0.15) is 9.96 Å². The molecule has 33 heavy (non-hydrogen) atoms. The molecule has 0 N–H and O–H groups in total. The molecule has 1 amide bonds. The van der Waals surface area contributed by atoms with Gasteiger partial charge >= 0.3 is 5.97 Å². The smallest absolute Gasteiger partial charge is 0.340 e. The fourth-order valence-corrected chi connectivity index (χ4v) is 7.22. The second kappa shape index (κ2) is 10.5. The van der Waals surface area contributed by atoms with Crippen LogP contribution in [0.15, 0.2) is 34.6 Å². The summed E-state index contributed by atoms with van der Waals surface area (Å²) in [5.74, 6) is -0.119. The number of methoxy groups -OCH3 is 2. The van der Waals surface area contributed by atoms with Gasteiger partial charge in [-0.2, -0.15) is 4.31 Å². The number of sulfonamides is 1. The molecule has 0 fully saturated rings. The number of hydrogen-bond acceptors (Lipinski definition) is 7. The van der Waals surface area contributed by atoms with Gasteiger partial charge in [-0.15, -0.1) is 11.3 Å². The van der Waals surface area contributed by atoms with Crippen molar-refractivity contribution < 1.29 is 27.5 Å². The van der Waals surface area contributed by atoms with Crippen molar-refractivity contribution in [2.24, 2.45) is 0 Å². The number of ether oxygens (including phenoxy) is 2. The van der Waals surface area contributed by atoms with Crippen molar-refractivity contribution in [1.29, 1.82) is 0 Å². The van der Waals surface area contributed by atoms with E-state index in [2.05, 4.69) is 0 Å². The molecule has 1 aliphatic rings. The third-order valence-electron chi connectivity index (χ3n) is 5.54. The minimum Gasteiger partial charge on any atom is -0.497 e. The van der Waals surface area contributed by atoms with Gasteiger partial charge in [0.25, 0.3) is 10.0 Å². The molecule has 3 rings (SSSR count). The van der Waals surface area contributed by atoms with Crippen LogP contribution in [0.2, 0.25) is 0 Å². The van der Waals surface area contributed by atoms with Crippen LogP contribution in [0.3, 0.4) is 0 Å². The van der Waals surface area contributed by atoms with E-state index in [1.807, 2.05) is 24.3 Å². The van der Waals surface area contributed by atoms with Crippen LogP contribution in [0.5, 0.6) is 5.75 Å². The van der Waals surface area contributed by atoms with Crippen LogP contribution in [0.25, 0.3) is 6.08 Å². The summed E-state index contributed by atoms with van der Waals surface area (Å²) >= 11 is 1.05. The van der Waals surface area contributed by atoms with E-state index in [4.69, 9.17) is 9.47 Å². The van der Waals surface area contributed by atoms with Gasteiger partial charge in [-0.1, -0.05) is 26.0 Å². The maximum Gasteiger partial charge on any atom is 0.340 e. The number of nitrogens with zero attached hydrogens (tertiary/aromatic N) is 2. The second-order valence-electron chi connectivity index (χ2n) is 7.36. The highest BCUT2D eigenvalue weighted by Gasteiger charge is 2.36. The number of carbonyl (C=O) groups is 2. The predicted molar refractivity (Wildman–Crippen MR) is 127 cm³/mol. The van der Waals surface area contributed by atoms with Gasteiger partial charge in [0.05, 0.1) is 26.3 Å². The highest BCUT2D eigenvalue weighted by atomic mass is 32.2.